The third-order valence-electron chi connectivity index (χ3n) is 4.09. The Labute approximate surface area is 136 Å². The summed E-state index contributed by atoms with van der Waals surface area (Å²) in [5.74, 6) is 1.88. The second-order valence-corrected chi connectivity index (χ2v) is 7.43. The maximum Gasteiger partial charge on any atom is 0.231 e. The first-order valence-corrected chi connectivity index (χ1v) is 8.11. The Morgan fingerprint density at radius 2 is 2.09 bits per heavy atom. The molecular weight excluding hydrogens is 298 g/mol. The first kappa shape index (κ1) is 15.5. The smallest absolute Gasteiger partial charge is 0.231 e. The van der Waals surface area contributed by atoms with Crippen molar-refractivity contribution in [3.63, 3.8) is 0 Å². The molecule has 0 amide bonds. The number of rotatable bonds is 3. The molecule has 0 bridgehead atoms. The summed E-state index contributed by atoms with van der Waals surface area (Å²) in [5.41, 5.74) is 1.10. The van der Waals surface area contributed by atoms with Gasteiger partial charge in [0.1, 0.15) is 0 Å². The van der Waals surface area contributed by atoms with Gasteiger partial charge < -0.3 is 4.52 Å². The average Bonchev–Trinajstić information content (AvgIpc) is 3.09. The number of benzene rings is 1. The molecule has 1 aromatic heterocycles. The van der Waals surface area contributed by atoms with Crippen LogP contribution < -0.4 is 0 Å². The first-order chi connectivity index (χ1) is 10.4. The summed E-state index contributed by atoms with van der Waals surface area (Å²) in [6.07, 6.45) is 1.05. The molecule has 1 fully saturated rings. The Kier molecular flexibility index (Phi) is 4.24. The van der Waals surface area contributed by atoms with Gasteiger partial charge in [-0.05, 0) is 24.6 Å². The Hall–Kier alpha value is -1.39. The average molecular weight is 320 g/mol. The molecule has 2 heterocycles. The lowest BCUT2D eigenvalue weighted by atomic mass is 9.96. The van der Waals surface area contributed by atoms with Crippen molar-refractivity contribution in [2.45, 2.75) is 45.1 Å². The minimum absolute atomic E-state index is 0.0718. The summed E-state index contributed by atoms with van der Waals surface area (Å²) in [6.45, 7) is 9.14. The largest absolute Gasteiger partial charge is 0.339 e. The quantitative estimate of drug-likeness (QED) is 0.857. The van der Waals surface area contributed by atoms with Crippen LogP contribution in [0.4, 0.5) is 0 Å². The van der Waals surface area contributed by atoms with Crippen molar-refractivity contribution in [3.8, 4) is 0 Å². The van der Waals surface area contributed by atoms with Crippen LogP contribution in [0.3, 0.4) is 0 Å². The molecule has 0 saturated carbocycles. The molecule has 1 aliphatic heterocycles. The lowest BCUT2D eigenvalue weighted by molar-refractivity contribution is 0.307. The fourth-order valence-corrected chi connectivity index (χ4v) is 2.95. The summed E-state index contributed by atoms with van der Waals surface area (Å²) < 4.78 is 5.48. The number of hydrogen-bond donors (Lipinski definition) is 0. The van der Waals surface area contributed by atoms with Crippen LogP contribution in [0.5, 0.6) is 0 Å². The van der Waals surface area contributed by atoms with Gasteiger partial charge in [-0.25, -0.2) is 0 Å². The lowest BCUT2D eigenvalue weighted by Gasteiger charge is -2.16. The van der Waals surface area contributed by atoms with Crippen LogP contribution in [0.1, 0.15) is 50.4 Å². The highest BCUT2D eigenvalue weighted by atomic mass is 35.5. The monoisotopic (exact) mass is 319 g/mol. The van der Waals surface area contributed by atoms with E-state index in [1.54, 1.807) is 0 Å². The molecule has 1 saturated heterocycles. The zero-order chi connectivity index (χ0) is 15.7. The van der Waals surface area contributed by atoms with E-state index in [4.69, 9.17) is 16.1 Å². The van der Waals surface area contributed by atoms with Gasteiger partial charge in [-0.1, -0.05) is 55.7 Å². The predicted octanol–water partition coefficient (Wildman–Crippen LogP) is 4.01. The summed E-state index contributed by atoms with van der Waals surface area (Å²) >= 11 is 6.24. The number of nitrogens with zero attached hydrogens (tertiary/aromatic N) is 3. The molecule has 22 heavy (non-hydrogen) atoms. The van der Waals surface area contributed by atoms with Crippen molar-refractivity contribution in [1.82, 2.24) is 15.0 Å². The van der Waals surface area contributed by atoms with Gasteiger partial charge in [0.15, 0.2) is 5.82 Å². The molecule has 1 aromatic carbocycles. The molecule has 118 valence electrons. The molecular formula is C17H22ClN3O. The van der Waals surface area contributed by atoms with Crippen molar-refractivity contribution in [1.29, 1.82) is 0 Å². The number of aromatic nitrogens is 2. The normalized spacial score (nSPS) is 19.7. The minimum atomic E-state index is -0.0718. The molecule has 1 aliphatic rings. The standard InChI is InChI=1S/C17H22ClN3O/c1-17(2,3)16-19-15(22-20-16)13-8-9-21(11-13)10-12-6-4-5-7-14(12)18/h4-7,13H,8-11H2,1-3H3/t13-/m1/s1. The predicted molar refractivity (Wildman–Crippen MR) is 87.1 cm³/mol. The Morgan fingerprint density at radius 1 is 1.32 bits per heavy atom. The van der Waals surface area contributed by atoms with Crippen LogP contribution >= 0.6 is 11.6 Å². The fourth-order valence-electron chi connectivity index (χ4n) is 2.75. The maximum atomic E-state index is 6.24. The highest BCUT2D eigenvalue weighted by Crippen LogP contribution is 2.29. The van der Waals surface area contributed by atoms with E-state index >= 15 is 0 Å². The molecule has 0 unspecified atom stereocenters. The third kappa shape index (κ3) is 3.33. The fraction of sp³-hybridized carbons (Fsp3) is 0.529. The van der Waals surface area contributed by atoms with Crippen molar-refractivity contribution in [2.24, 2.45) is 0 Å². The summed E-state index contributed by atoms with van der Waals surface area (Å²) in [6, 6.07) is 8.02. The van der Waals surface area contributed by atoms with E-state index in [0.717, 1.165) is 42.8 Å². The van der Waals surface area contributed by atoms with Gasteiger partial charge >= 0.3 is 0 Å². The van der Waals surface area contributed by atoms with E-state index in [2.05, 4.69) is 41.9 Å². The van der Waals surface area contributed by atoms with Crippen molar-refractivity contribution in [2.75, 3.05) is 13.1 Å². The summed E-state index contributed by atoms with van der Waals surface area (Å²) in [5, 5.41) is 4.96. The van der Waals surface area contributed by atoms with Gasteiger partial charge in [0.25, 0.3) is 0 Å². The number of likely N-dealkylation sites (tertiary alicyclic amines) is 1. The molecule has 3 rings (SSSR count). The first-order valence-electron chi connectivity index (χ1n) is 7.73. The Morgan fingerprint density at radius 3 is 2.77 bits per heavy atom. The molecule has 2 aromatic rings. The molecule has 4 nitrogen and oxygen atoms in total. The zero-order valence-electron chi connectivity index (χ0n) is 13.3. The SMILES string of the molecule is CC(C)(C)c1noc([C@@H]2CCN(Cc3ccccc3Cl)C2)n1. The molecule has 0 N–H and O–H groups in total. The molecule has 5 heteroatoms. The van der Waals surface area contributed by atoms with Crippen molar-refractivity contribution in [3.05, 3.63) is 46.6 Å². The number of halogens is 1. The van der Waals surface area contributed by atoms with Crippen LogP contribution in [0.2, 0.25) is 5.02 Å². The highest BCUT2D eigenvalue weighted by molar-refractivity contribution is 6.31. The third-order valence-corrected chi connectivity index (χ3v) is 4.45. The lowest BCUT2D eigenvalue weighted by Crippen LogP contribution is -2.20. The van der Waals surface area contributed by atoms with E-state index in [9.17, 15) is 0 Å². The van der Waals surface area contributed by atoms with Crippen LogP contribution in [0, 0.1) is 0 Å². The Balaban J connectivity index is 1.65. The topological polar surface area (TPSA) is 42.2 Å². The van der Waals surface area contributed by atoms with E-state index in [0.29, 0.717) is 5.92 Å². The minimum Gasteiger partial charge on any atom is -0.339 e. The number of hydrogen-bond acceptors (Lipinski definition) is 4. The van der Waals surface area contributed by atoms with Gasteiger partial charge in [-0.3, -0.25) is 4.90 Å². The second kappa shape index (κ2) is 6.01. The van der Waals surface area contributed by atoms with Gasteiger partial charge in [-0.15, -0.1) is 0 Å². The van der Waals surface area contributed by atoms with Gasteiger partial charge in [0, 0.05) is 23.5 Å². The van der Waals surface area contributed by atoms with Crippen LogP contribution in [0.25, 0.3) is 0 Å². The van der Waals surface area contributed by atoms with E-state index in [1.165, 1.54) is 5.56 Å². The van der Waals surface area contributed by atoms with E-state index < -0.39 is 0 Å². The van der Waals surface area contributed by atoms with Gasteiger partial charge in [0.2, 0.25) is 5.89 Å². The molecule has 0 aliphatic carbocycles. The van der Waals surface area contributed by atoms with E-state index in [-0.39, 0.29) is 5.41 Å². The van der Waals surface area contributed by atoms with E-state index in [1.807, 2.05) is 18.2 Å². The summed E-state index contributed by atoms with van der Waals surface area (Å²) in [4.78, 5) is 6.99. The van der Waals surface area contributed by atoms with Crippen LogP contribution in [-0.2, 0) is 12.0 Å². The highest BCUT2D eigenvalue weighted by Gasteiger charge is 2.30. The van der Waals surface area contributed by atoms with Crippen LogP contribution in [0.15, 0.2) is 28.8 Å². The van der Waals surface area contributed by atoms with Crippen molar-refractivity contribution < 1.29 is 4.52 Å². The van der Waals surface area contributed by atoms with Gasteiger partial charge in [0.05, 0.1) is 5.92 Å². The Bertz CT molecular complexity index is 647. The second-order valence-electron chi connectivity index (χ2n) is 7.02. The molecule has 1 atom stereocenters. The molecule has 0 spiro atoms. The van der Waals surface area contributed by atoms with Crippen LogP contribution in [-0.4, -0.2) is 28.1 Å². The van der Waals surface area contributed by atoms with Crippen molar-refractivity contribution >= 4 is 11.6 Å². The summed E-state index contributed by atoms with van der Waals surface area (Å²) in [7, 11) is 0. The maximum absolute atomic E-state index is 6.24. The zero-order valence-corrected chi connectivity index (χ0v) is 14.1. The van der Waals surface area contributed by atoms with Gasteiger partial charge in [-0.2, -0.15) is 4.98 Å². The molecule has 0 radical (unpaired) electrons.